The average Bonchev–Trinajstić information content (AvgIpc) is 3.05. The van der Waals surface area contributed by atoms with Gasteiger partial charge in [0.05, 0.1) is 22.4 Å². The van der Waals surface area contributed by atoms with Gasteiger partial charge in [-0.2, -0.15) is 0 Å². The number of amides is 2. The number of aromatic nitrogens is 1. The molecule has 146 valence electrons. The molecule has 2 amide bonds. The summed E-state index contributed by atoms with van der Waals surface area (Å²) in [6.45, 7) is 2.07. The number of ether oxygens (including phenoxy) is 1. The molecular weight excluding hydrogens is 370 g/mol. The molecule has 0 saturated heterocycles. The van der Waals surface area contributed by atoms with Crippen LogP contribution in [0.5, 0.6) is 0 Å². The molecule has 1 heterocycles. The molecule has 0 radical (unpaired) electrons. The van der Waals surface area contributed by atoms with Crippen LogP contribution in [-0.2, 0) is 14.3 Å². The number of thiazole rings is 1. The highest BCUT2D eigenvalue weighted by atomic mass is 32.1. The molecule has 0 bridgehead atoms. The number of unbranched alkanes of at least 4 members (excludes halogenated alkanes) is 3. The van der Waals surface area contributed by atoms with Crippen molar-refractivity contribution in [3.05, 3.63) is 23.8 Å². The molecular formula is C18H23N3O5S. The molecule has 1 aromatic heterocycles. The van der Waals surface area contributed by atoms with Crippen molar-refractivity contribution in [2.45, 2.75) is 45.4 Å². The van der Waals surface area contributed by atoms with Crippen LogP contribution in [0, 0.1) is 0 Å². The van der Waals surface area contributed by atoms with E-state index in [2.05, 4.69) is 10.3 Å². The number of benzene rings is 1. The number of hydroxylamine groups is 1. The van der Waals surface area contributed by atoms with Gasteiger partial charge < -0.3 is 10.1 Å². The van der Waals surface area contributed by atoms with Crippen molar-refractivity contribution in [3.8, 4) is 0 Å². The Bertz CT molecular complexity index is 805. The summed E-state index contributed by atoms with van der Waals surface area (Å²) in [6.07, 6.45) is 3.69. The highest BCUT2D eigenvalue weighted by Gasteiger charge is 2.11. The Balaban J connectivity index is 1.79. The quantitative estimate of drug-likeness (QED) is 0.247. The first kappa shape index (κ1) is 20.8. The number of carbonyl (C=O) groups is 3. The highest BCUT2D eigenvalue weighted by molar-refractivity contribution is 7.22. The third-order valence-electron chi connectivity index (χ3n) is 3.83. The van der Waals surface area contributed by atoms with Gasteiger partial charge in [-0.25, -0.2) is 15.3 Å². The number of nitrogens with one attached hydrogen (secondary N) is 2. The number of rotatable bonds is 10. The van der Waals surface area contributed by atoms with Crippen LogP contribution < -0.4 is 10.8 Å². The lowest BCUT2D eigenvalue weighted by Gasteiger charge is -2.02. The zero-order valence-corrected chi connectivity index (χ0v) is 15.9. The van der Waals surface area contributed by atoms with E-state index in [1.165, 1.54) is 11.3 Å². The van der Waals surface area contributed by atoms with Crippen molar-refractivity contribution in [1.82, 2.24) is 10.5 Å². The molecule has 1 aromatic carbocycles. The van der Waals surface area contributed by atoms with Crippen LogP contribution in [0.4, 0.5) is 5.13 Å². The lowest BCUT2D eigenvalue weighted by atomic mass is 10.1. The largest absolute Gasteiger partial charge is 0.462 e. The van der Waals surface area contributed by atoms with E-state index in [-0.39, 0.29) is 18.3 Å². The zero-order chi connectivity index (χ0) is 19.6. The van der Waals surface area contributed by atoms with Crippen LogP contribution in [0.15, 0.2) is 18.2 Å². The summed E-state index contributed by atoms with van der Waals surface area (Å²) in [5, 5.41) is 11.7. The van der Waals surface area contributed by atoms with E-state index in [0.717, 1.165) is 17.5 Å². The molecule has 27 heavy (non-hydrogen) atoms. The smallest absolute Gasteiger partial charge is 0.338 e. The molecule has 9 heteroatoms. The summed E-state index contributed by atoms with van der Waals surface area (Å²) in [5.74, 6) is -0.891. The Morgan fingerprint density at radius 2 is 1.81 bits per heavy atom. The number of esters is 1. The zero-order valence-electron chi connectivity index (χ0n) is 15.1. The number of nitrogens with zero attached hydrogens (tertiary/aromatic N) is 1. The number of hydrogen-bond donors (Lipinski definition) is 3. The molecule has 0 unspecified atom stereocenters. The van der Waals surface area contributed by atoms with Crippen LogP contribution in [0.1, 0.15) is 55.8 Å². The Hall–Kier alpha value is -2.52. The van der Waals surface area contributed by atoms with Gasteiger partial charge in [0.2, 0.25) is 11.8 Å². The Morgan fingerprint density at radius 1 is 1.11 bits per heavy atom. The van der Waals surface area contributed by atoms with Crippen LogP contribution in [0.3, 0.4) is 0 Å². The van der Waals surface area contributed by atoms with Gasteiger partial charge in [-0.1, -0.05) is 24.2 Å². The lowest BCUT2D eigenvalue weighted by molar-refractivity contribution is -0.129. The van der Waals surface area contributed by atoms with Crippen LogP contribution in [-0.4, -0.2) is 34.6 Å². The minimum absolute atomic E-state index is 0.118. The standard InChI is InChI=1S/C18H23N3O5S/c1-2-26-17(24)12-9-10-13-14(11-12)27-18(19-13)20-15(22)7-5-3-4-6-8-16(23)21-25/h9-11,25H,2-8H2,1H3,(H,21,23)(H,19,20,22). The number of anilines is 1. The normalized spacial score (nSPS) is 10.6. The summed E-state index contributed by atoms with van der Waals surface area (Å²) >= 11 is 1.31. The van der Waals surface area contributed by atoms with Crippen molar-refractivity contribution >= 4 is 44.5 Å². The molecule has 3 N–H and O–H groups in total. The van der Waals surface area contributed by atoms with Crippen molar-refractivity contribution in [2.24, 2.45) is 0 Å². The first-order valence-corrected chi connectivity index (χ1v) is 9.65. The van der Waals surface area contributed by atoms with Crippen LogP contribution >= 0.6 is 11.3 Å². The second-order valence-corrected chi connectivity index (χ2v) is 6.95. The van der Waals surface area contributed by atoms with Crippen molar-refractivity contribution in [2.75, 3.05) is 11.9 Å². The summed E-state index contributed by atoms with van der Waals surface area (Å²) in [7, 11) is 0. The maximum absolute atomic E-state index is 12.0. The molecule has 2 rings (SSSR count). The first-order chi connectivity index (χ1) is 13.0. The summed E-state index contributed by atoms with van der Waals surface area (Å²) in [4.78, 5) is 39.0. The van der Waals surface area contributed by atoms with Crippen molar-refractivity contribution in [3.63, 3.8) is 0 Å². The second kappa shape index (κ2) is 10.6. The van der Waals surface area contributed by atoms with E-state index in [9.17, 15) is 14.4 Å². The summed E-state index contributed by atoms with van der Waals surface area (Å²) < 4.78 is 5.78. The van der Waals surface area contributed by atoms with Crippen LogP contribution in [0.2, 0.25) is 0 Å². The Morgan fingerprint density at radius 3 is 2.48 bits per heavy atom. The fraction of sp³-hybridized carbons (Fsp3) is 0.444. The van der Waals surface area contributed by atoms with E-state index in [1.54, 1.807) is 30.6 Å². The molecule has 0 aliphatic carbocycles. The Labute approximate surface area is 160 Å². The van der Waals surface area contributed by atoms with E-state index in [4.69, 9.17) is 9.94 Å². The van der Waals surface area contributed by atoms with E-state index < -0.39 is 5.91 Å². The predicted molar refractivity (Wildman–Crippen MR) is 102 cm³/mol. The summed E-state index contributed by atoms with van der Waals surface area (Å²) in [6, 6.07) is 5.10. The molecule has 0 saturated carbocycles. The van der Waals surface area contributed by atoms with Gasteiger partial charge in [0.15, 0.2) is 5.13 Å². The lowest BCUT2D eigenvalue weighted by Crippen LogP contribution is -2.17. The molecule has 8 nitrogen and oxygen atoms in total. The maximum Gasteiger partial charge on any atom is 0.338 e. The fourth-order valence-corrected chi connectivity index (χ4v) is 3.40. The van der Waals surface area contributed by atoms with Gasteiger partial charge >= 0.3 is 5.97 Å². The van der Waals surface area contributed by atoms with Gasteiger partial charge in [0, 0.05) is 12.8 Å². The van der Waals surface area contributed by atoms with E-state index in [0.29, 0.717) is 42.1 Å². The van der Waals surface area contributed by atoms with Gasteiger partial charge in [-0.15, -0.1) is 0 Å². The van der Waals surface area contributed by atoms with E-state index in [1.807, 2.05) is 0 Å². The number of fused-ring (bicyclic) bond motifs is 1. The second-order valence-electron chi connectivity index (χ2n) is 5.92. The molecule has 2 aromatic rings. The third kappa shape index (κ3) is 6.61. The summed E-state index contributed by atoms with van der Waals surface area (Å²) in [5.41, 5.74) is 2.77. The van der Waals surface area contributed by atoms with Crippen molar-refractivity contribution in [1.29, 1.82) is 0 Å². The predicted octanol–water partition coefficient (Wildman–Crippen LogP) is 3.26. The molecule has 0 fully saturated rings. The van der Waals surface area contributed by atoms with Crippen LogP contribution in [0.25, 0.3) is 10.2 Å². The SMILES string of the molecule is CCOC(=O)c1ccc2nc(NC(=O)CCCCCCC(=O)NO)sc2c1. The van der Waals surface area contributed by atoms with E-state index >= 15 is 0 Å². The van der Waals surface area contributed by atoms with Gasteiger partial charge in [0.1, 0.15) is 0 Å². The first-order valence-electron chi connectivity index (χ1n) is 8.84. The highest BCUT2D eigenvalue weighted by Crippen LogP contribution is 2.27. The van der Waals surface area contributed by atoms with Gasteiger partial charge in [-0.05, 0) is 38.0 Å². The number of hydrogen-bond acceptors (Lipinski definition) is 7. The topological polar surface area (TPSA) is 118 Å². The monoisotopic (exact) mass is 393 g/mol. The van der Waals surface area contributed by atoms with Crippen molar-refractivity contribution < 1.29 is 24.3 Å². The maximum atomic E-state index is 12.0. The molecule has 0 aliphatic rings. The average molecular weight is 393 g/mol. The van der Waals surface area contributed by atoms with Gasteiger partial charge in [0.25, 0.3) is 0 Å². The molecule has 0 aliphatic heterocycles. The van der Waals surface area contributed by atoms with Gasteiger partial charge in [-0.3, -0.25) is 14.8 Å². The molecule has 0 spiro atoms. The fourth-order valence-electron chi connectivity index (χ4n) is 2.48. The number of carbonyl (C=O) groups excluding carboxylic acids is 3. The minimum atomic E-state index is -0.394. The molecule has 0 atom stereocenters. The Kier molecular flexibility index (Phi) is 8.15. The minimum Gasteiger partial charge on any atom is -0.462 e. The third-order valence-corrected chi connectivity index (χ3v) is 4.76.